The van der Waals surface area contributed by atoms with Crippen LogP contribution in [0.2, 0.25) is 0 Å². The molecule has 0 aromatic heterocycles. The lowest BCUT2D eigenvalue weighted by molar-refractivity contribution is -0.137. The second-order valence-electron chi connectivity index (χ2n) is 8.45. The van der Waals surface area contributed by atoms with E-state index in [1.807, 2.05) is 0 Å². The number of unbranched alkanes of at least 4 members (excludes halogenated alkanes) is 14. The maximum absolute atomic E-state index is 10.3. The van der Waals surface area contributed by atoms with Crippen LogP contribution in [0.15, 0.2) is 0 Å². The first-order valence-corrected chi connectivity index (χ1v) is 13.9. The van der Waals surface area contributed by atoms with E-state index in [2.05, 4.69) is 6.92 Å². The van der Waals surface area contributed by atoms with Crippen molar-refractivity contribution in [2.75, 3.05) is 40.1 Å². The lowest BCUT2D eigenvalue weighted by Gasteiger charge is -2.03. The number of hydrogen-bond acceptors (Lipinski definition) is 9. The summed E-state index contributed by atoms with van der Waals surface area (Å²) >= 11 is 0. The number of aliphatic hydroxyl groups is 8. The fourth-order valence-electron chi connectivity index (χ4n) is 2.76. The van der Waals surface area contributed by atoms with Crippen molar-refractivity contribution in [3.05, 3.63) is 0 Å². The Morgan fingerprint density at radius 2 is 0.730 bits per heavy atom. The van der Waals surface area contributed by atoms with Crippen molar-refractivity contribution in [3.63, 3.8) is 0 Å². The minimum Gasteiger partial charge on any atom is -0.481 e. The topological polar surface area (TPSA) is 199 Å². The van der Waals surface area contributed by atoms with Crippen LogP contribution < -0.4 is 0 Å². The van der Waals surface area contributed by atoms with E-state index in [0.29, 0.717) is 6.42 Å². The summed E-state index contributed by atoms with van der Waals surface area (Å²) in [6, 6.07) is 0. The van der Waals surface area contributed by atoms with Gasteiger partial charge in [0.05, 0.1) is 26.4 Å². The predicted molar refractivity (Wildman–Crippen MR) is 148 cm³/mol. The zero-order valence-corrected chi connectivity index (χ0v) is 23.9. The number of hydrogen-bond donors (Lipinski definition) is 9. The van der Waals surface area contributed by atoms with Crippen LogP contribution in [0.5, 0.6) is 0 Å². The molecule has 0 heterocycles. The second-order valence-corrected chi connectivity index (χ2v) is 8.45. The molecule has 0 saturated carbocycles. The van der Waals surface area contributed by atoms with E-state index in [1.165, 1.54) is 83.5 Å². The molecule has 0 aromatic carbocycles. The van der Waals surface area contributed by atoms with Crippen molar-refractivity contribution in [2.45, 2.75) is 129 Å². The summed E-state index contributed by atoms with van der Waals surface area (Å²) < 4.78 is 0. The van der Waals surface area contributed by atoms with E-state index in [1.54, 1.807) is 6.92 Å². The quantitative estimate of drug-likeness (QED) is 0.102. The summed E-state index contributed by atoms with van der Waals surface area (Å²) in [4.78, 5) is 10.3. The van der Waals surface area contributed by atoms with Gasteiger partial charge in [0, 0.05) is 20.1 Å². The Hall–Kier alpha value is -0.850. The van der Waals surface area contributed by atoms with Gasteiger partial charge in [0.1, 0.15) is 12.2 Å². The van der Waals surface area contributed by atoms with Crippen molar-refractivity contribution >= 4 is 5.97 Å². The van der Waals surface area contributed by atoms with Crippen LogP contribution in [-0.4, -0.2) is 104 Å². The Balaban J connectivity index is -0.000000163. The summed E-state index contributed by atoms with van der Waals surface area (Å²) in [5, 5.41) is 71.1. The molecule has 0 saturated heterocycles. The molecule has 0 radical (unpaired) electrons. The molecule has 0 unspecified atom stereocenters. The molecule has 0 atom stereocenters. The molecule has 0 aliphatic heterocycles. The molecule has 9 N–H and O–H groups in total. The first-order valence-electron chi connectivity index (χ1n) is 13.9. The summed E-state index contributed by atoms with van der Waals surface area (Å²) in [6.07, 6.45) is 18.3. The third-order valence-electron chi connectivity index (χ3n) is 4.84. The van der Waals surface area contributed by atoms with E-state index in [0.717, 1.165) is 20.0 Å². The number of carboxylic acids is 1. The first-order chi connectivity index (χ1) is 17.8. The van der Waals surface area contributed by atoms with Gasteiger partial charge in [-0.3, -0.25) is 4.79 Å². The number of aliphatic hydroxyl groups excluding tert-OH is 8. The van der Waals surface area contributed by atoms with Gasteiger partial charge in [0.2, 0.25) is 0 Å². The van der Waals surface area contributed by atoms with E-state index in [4.69, 9.17) is 46.0 Å². The average molecular weight is 547 g/mol. The number of rotatable bonds is 20. The third-order valence-corrected chi connectivity index (χ3v) is 4.84. The molecule has 0 amide bonds. The van der Waals surface area contributed by atoms with Gasteiger partial charge in [-0.15, -0.1) is 0 Å². The summed E-state index contributed by atoms with van der Waals surface area (Å²) in [7, 11) is 1.00. The summed E-state index contributed by atoms with van der Waals surface area (Å²) in [6.45, 7) is 2.74. The van der Waals surface area contributed by atoms with E-state index < -0.39 is 18.2 Å². The molecule has 0 aliphatic rings. The number of carboxylic acid groups (broad SMARTS) is 1. The monoisotopic (exact) mass is 546 g/mol. The highest BCUT2D eigenvalue weighted by molar-refractivity contribution is 5.66. The summed E-state index contributed by atoms with van der Waals surface area (Å²) in [5.41, 5.74) is 0. The molecule has 10 nitrogen and oxygen atoms in total. The standard InChI is InChI=1S/C18H36O2.2C3H8O3.C2H6O.CH4O/c1-2-3-4-5-6-7-8-9-10-11-12-13-14-15-16-17-18(19)20;2*4-1-3(6)2-5;1-2-3;1-2/h2-17H2,1H3,(H,19,20);2*3-6H,1-2H2;3H,2H2,1H3;2H,1H3. The van der Waals surface area contributed by atoms with Crippen molar-refractivity contribution in [2.24, 2.45) is 0 Å². The zero-order valence-electron chi connectivity index (χ0n) is 23.9. The minimum absolute atomic E-state index is 0.250. The fraction of sp³-hybridized carbons (Fsp3) is 0.963. The maximum atomic E-state index is 10.3. The SMILES string of the molecule is CCCCCCCCCCCCCCCCCC(=O)O.CCO.CO.OCC(O)CO.OCC(O)CO. The maximum Gasteiger partial charge on any atom is 0.303 e. The Bertz CT molecular complexity index is 342. The highest BCUT2D eigenvalue weighted by Gasteiger charge is 1.97. The summed E-state index contributed by atoms with van der Waals surface area (Å²) in [5.74, 6) is -0.653. The molecule has 0 rings (SSSR count). The average Bonchev–Trinajstić information content (AvgIpc) is 2.92. The van der Waals surface area contributed by atoms with Gasteiger partial charge in [0.25, 0.3) is 0 Å². The van der Waals surface area contributed by atoms with Crippen molar-refractivity contribution in [3.8, 4) is 0 Å². The lowest BCUT2D eigenvalue weighted by atomic mass is 10.0. The van der Waals surface area contributed by atoms with E-state index >= 15 is 0 Å². The molecule has 230 valence electrons. The van der Waals surface area contributed by atoms with Crippen LogP contribution in [0.25, 0.3) is 0 Å². The molecule has 0 aliphatic carbocycles. The van der Waals surface area contributed by atoms with Crippen molar-refractivity contribution < 1.29 is 50.8 Å². The van der Waals surface area contributed by atoms with E-state index in [9.17, 15) is 4.79 Å². The smallest absolute Gasteiger partial charge is 0.303 e. The van der Waals surface area contributed by atoms with Gasteiger partial charge in [0.15, 0.2) is 0 Å². The minimum atomic E-state index is -0.954. The van der Waals surface area contributed by atoms with Crippen LogP contribution in [0, 0.1) is 0 Å². The van der Waals surface area contributed by atoms with Crippen LogP contribution in [-0.2, 0) is 4.79 Å². The van der Waals surface area contributed by atoms with Crippen LogP contribution in [0.1, 0.15) is 117 Å². The zero-order chi connectivity index (χ0) is 29.6. The number of carbonyl (C=O) groups is 1. The predicted octanol–water partition coefficient (Wildman–Crippen LogP) is 2.60. The van der Waals surface area contributed by atoms with Gasteiger partial charge in [-0.05, 0) is 13.3 Å². The highest BCUT2D eigenvalue weighted by Crippen LogP contribution is 2.13. The van der Waals surface area contributed by atoms with Crippen molar-refractivity contribution in [1.82, 2.24) is 0 Å². The molecule has 0 bridgehead atoms. The van der Waals surface area contributed by atoms with Crippen molar-refractivity contribution in [1.29, 1.82) is 0 Å². The van der Waals surface area contributed by atoms with Gasteiger partial charge >= 0.3 is 5.97 Å². The van der Waals surface area contributed by atoms with Gasteiger partial charge < -0.3 is 46.0 Å². The Labute approximate surface area is 226 Å². The molecule has 10 heteroatoms. The molecule has 0 fully saturated rings. The van der Waals surface area contributed by atoms with Gasteiger partial charge in [-0.25, -0.2) is 0 Å². The molecule has 0 spiro atoms. The van der Waals surface area contributed by atoms with Gasteiger partial charge in [-0.2, -0.15) is 0 Å². The fourth-order valence-corrected chi connectivity index (χ4v) is 2.76. The van der Waals surface area contributed by atoms with Crippen LogP contribution >= 0.6 is 0 Å². The molecular weight excluding hydrogens is 484 g/mol. The number of aliphatic carboxylic acids is 1. The largest absolute Gasteiger partial charge is 0.481 e. The third kappa shape index (κ3) is 66.2. The molecular formula is C27H62O10. The van der Waals surface area contributed by atoms with Gasteiger partial charge in [-0.1, -0.05) is 96.8 Å². The molecule has 0 aromatic rings. The lowest BCUT2D eigenvalue weighted by Crippen LogP contribution is -2.15. The normalized spacial score (nSPS) is 9.76. The second kappa shape index (κ2) is 48.2. The Kier molecular flexibility index (Phi) is 60.0. The van der Waals surface area contributed by atoms with E-state index in [-0.39, 0.29) is 33.0 Å². The Morgan fingerprint density at radius 3 is 0.892 bits per heavy atom. The highest BCUT2D eigenvalue weighted by atomic mass is 16.4. The van der Waals surface area contributed by atoms with Crippen LogP contribution in [0.3, 0.4) is 0 Å². The Morgan fingerprint density at radius 1 is 0.514 bits per heavy atom. The first kappa shape index (κ1) is 46.0. The van der Waals surface area contributed by atoms with Crippen LogP contribution in [0.4, 0.5) is 0 Å². The molecule has 37 heavy (non-hydrogen) atoms.